The van der Waals surface area contributed by atoms with Crippen molar-refractivity contribution in [3.05, 3.63) is 158 Å². The minimum absolute atomic E-state index is 0.115. The summed E-state index contributed by atoms with van der Waals surface area (Å²) in [5, 5.41) is 0. The molecule has 0 spiro atoms. The molecule has 0 aromatic heterocycles. The highest BCUT2D eigenvalue weighted by Crippen LogP contribution is 2.13. The quantitative estimate of drug-likeness (QED) is 0.0261. The van der Waals surface area contributed by atoms with Crippen molar-refractivity contribution >= 4 is 17.9 Å². The number of esters is 3. The van der Waals surface area contributed by atoms with E-state index in [9.17, 15) is 14.4 Å². The van der Waals surface area contributed by atoms with E-state index in [1.807, 2.05) is 0 Å². The van der Waals surface area contributed by atoms with Crippen LogP contribution in [0.1, 0.15) is 233 Å². The number of allylic oxidation sites excluding steroid dienone is 26. The number of ether oxygens (including phenoxy) is 3. The lowest BCUT2D eigenvalue weighted by Gasteiger charge is -2.18. The summed E-state index contributed by atoms with van der Waals surface area (Å²) in [6.07, 6.45) is 88.2. The summed E-state index contributed by atoms with van der Waals surface area (Å²) in [5.74, 6) is -1.00. The van der Waals surface area contributed by atoms with Gasteiger partial charge in [-0.2, -0.15) is 0 Å². The molecule has 6 heteroatoms. The molecule has 1 atom stereocenters. The lowest BCUT2D eigenvalue weighted by molar-refractivity contribution is -0.167. The molecule has 0 aliphatic carbocycles. The molecule has 0 saturated heterocycles. The normalized spacial score (nSPS) is 13.3. The fourth-order valence-electron chi connectivity index (χ4n) is 7.40. The number of rotatable bonds is 51. The van der Waals surface area contributed by atoms with Crippen molar-refractivity contribution in [1.82, 2.24) is 0 Å². The molecule has 1 unspecified atom stereocenters. The second kappa shape index (κ2) is 60.6. The molecule has 0 bridgehead atoms. The van der Waals surface area contributed by atoms with Gasteiger partial charge >= 0.3 is 17.9 Å². The van der Waals surface area contributed by atoms with Crippen LogP contribution in [0.2, 0.25) is 0 Å². The van der Waals surface area contributed by atoms with E-state index in [1.165, 1.54) is 38.5 Å². The van der Waals surface area contributed by atoms with Crippen LogP contribution in [0.25, 0.3) is 0 Å². The van der Waals surface area contributed by atoms with Crippen LogP contribution < -0.4 is 0 Å². The van der Waals surface area contributed by atoms with Gasteiger partial charge in [0.05, 0.1) is 0 Å². The van der Waals surface area contributed by atoms with E-state index < -0.39 is 6.10 Å². The van der Waals surface area contributed by atoms with E-state index in [0.29, 0.717) is 19.3 Å². The zero-order chi connectivity index (χ0) is 53.6. The monoisotopic (exact) mass is 1020 g/mol. The molecule has 0 radical (unpaired) electrons. The Morgan fingerprint density at radius 2 is 0.541 bits per heavy atom. The first kappa shape index (κ1) is 69.0. The van der Waals surface area contributed by atoms with Crippen LogP contribution in [0.3, 0.4) is 0 Å². The first-order chi connectivity index (χ1) is 36.5. The van der Waals surface area contributed by atoms with E-state index in [-0.39, 0.29) is 37.5 Å². The van der Waals surface area contributed by atoms with Crippen molar-refractivity contribution in [3.8, 4) is 0 Å². The predicted molar refractivity (Wildman–Crippen MR) is 320 cm³/mol. The van der Waals surface area contributed by atoms with Crippen molar-refractivity contribution in [3.63, 3.8) is 0 Å². The van der Waals surface area contributed by atoms with Gasteiger partial charge in [0.1, 0.15) is 13.2 Å². The average molecular weight is 1020 g/mol. The third-order valence-corrected chi connectivity index (χ3v) is 11.7. The molecule has 0 amide bonds. The van der Waals surface area contributed by atoms with Gasteiger partial charge in [0.15, 0.2) is 6.10 Å². The zero-order valence-electron chi connectivity index (χ0n) is 47.3. The van der Waals surface area contributed by atoms with Crippen LogP contribution in [-0.4, -0.2) is 37.2 Å². The molecule has 0 aliphatic rings. The zero-order valence-corrected chi connectivity index (χ0v) is 47.3. The SMILES string of the molecule is CC/C=C\C/C=C\C/C=C\C/C=C\C/C=C\C/C=C\C/C=C\CCCCCCCCCC(=O)OCC(COC(=O)CCCCCCC/C=C\CCC)OC(=O)CCC/C=C\C/C=C\C/C=C\C/C=C\C/C=C\CC. The highest BCUT2D eigenvalue weighted by molar-refractivity contribution is 5.71. The summed E-state index contributed by atoms with van der Waals surface area (Å²) < 4.78 is 16.8. The predicted octanol–water partition coefficient (Wildman–Crippen LogP) is 20.1. The van der Waals surface area contributed by atoms with E-state index in [1.54, 1.807) is 0 Å². The molecule has 0 N–H and O–H groups in total. The summed E-state index contributed by atoms with van der Waals surface area (Å²) in [6.45, 7) is 6.27. The van der Waals surface area contributed by atoms with Crippen LogP contribution in [-0.2, 0) is 28.6 Å². The standard InChI is InChI=1S/C68H106O6/c1-4-7-10-13-16-19-22-24-26-28-29-30-31-32-33-34-35-36-37-38-39-41-42-44-46-49-52-55-58-61-67(70)73-64-65(63-72-66(69)60-57-54-51-48-21-18-15-12-9-6-3)74-68(71)62-59-56-53-50-47-45-43-40-27-25-23-20-17-14-11-8-5-2/h7-8,10-12,15-17,19-20,24-27,29-30,32-33,35-36,38-39,43,45,50,53,65H,4-6,9,13-14,18,21-23,28,31,34,37,40-42,44,46-49,51-52,54-64H2,1-3H3/b10-7-,11-8-,15-12-,19-16-,20-17-,26-24-,27-25-,30-29-,33-32-,36-35-,39-38-,45-43-,53-50-. The lowest BCUT2D eigenvalue weighted by Crippen LogP contribution is -2.30. The van der Waals surface area contributed by atoms with Crippen molar-refractivity contribution < 1.29 is 28.6 Å². The van der Waals surface area contributed by atoms with Gasteiger partial charge in [-0.25, -0.2) is 0 Å². The van der Waals surface area contributed by atoms with E-state index in [4.69, 9.17) is 14.2 Å². The maximum absolute atomic E-state index is 12.8. The van der Waals surface area contributed by atoms with Gasteiger partial charge in [0.25, 0.3) is 0 Å². The molecular weight excluding hydrogens is 913 g/mol. The topological polar surface area (TPSA) is 78.9 Å². The Kier molecular flexibility index (Phi) is 56.5. The highest BCUT2D eigenvalue weighted by Gasteiger charge is 2.19. The van der Waals surface area contributed by atoms with Crippen LogP contribution >= 0.6 is 0 Å². The molecule has 0 aromatic carbocycles. The van der Waals surface area contributed by atoms with Gasteiger partial charge in [-0.05, 0) is 135 Å². The molecule has 0 aliphatic heterocycles. The Balaban J connectivity index is 4.37. The third-order valence-electron chi connectivity index (χ3n) is 11.7. The highest BCUT2D eigenvalue weighted by atomic mass is 16.6. The minimum Gasteiger partial charge on any atom is -0.462 e. The summed E-state index contributed by atoms with van der Waals surface area (Å²) in [7, 11) is 0. The van der Waals surface area contributed by atoms with E-state index in [2.05, 4.69) is 179 Å². The minimum atomic E-state index is -0.823. The van der Waals surface area contributed by atoms with Crippen molar-refractivity contribution in [1.29, 1.82) is 0 Å². The van der Waals surface area contributed by atoms with Gasteiger partial charge in [-0.1, -0.05) is 237 Å². The molecule has 6 nitrogen and oxygen atoms in total. The summed E-state index contributed by atoms with van der Waals surface area (Å²) >= 11 is 0. The molecule has 0 aromatic rings. The Bertz CT molecular complexity index is 1690. The van der Waals surface area contributed by atoms with E-state index >= 15 is 0 Å². The molecule has 74 heavy (non-hydrogen) atoms. The second-order valence-electron chi connectivity index (χ2n) is 18.8. The van der Waals surface area contributed by atoms with Crippen LogP contribution in [0, 0.1) is 0 Å². The summed E-state index contributed by atoms with van der Waals surface area (Å²) in [4.78, 5) is 38.1. The van der Waals surface area contributed by atoms with Crippen molar-refractivity contribution in [2.24, 2.45) is 0 Å². The number of hydrogen-bond acceptors (Lipinski definition) is 6. The molecular formula is C68H106O6. The molecule has 0 fully saturated rings. The Labute approximate surface area is 454 Å². The first-order valence-corrected chi connectivity index (χ1v) is 29.5. The van der Waals surface area contributed by atoms with Gasteiger partial charge in [0.2, 0.25) is 0 Å². The van der Waals surface area contributed by atoms with Crippen LogP contribution in [0.15, 0.2) is 158 Å². The van der Waals surface area contributed by atoms with Gasteiger partial charge in [0, 0.05) is 19.3 Å². The molecule has 0 saturated carbocycles. The van der Waals surface area contributed by atoms with Crippen LogP contribution in [0.5, 0.6) is 0 Å². The smallest absolute Gasteiger partial charge is 0.306 e. The van der Waals surface area contributed by atoms with Gasteiger partial charge in [-0.3, -0.25) is 14.4 Å². The fourth-order valence-corrected chi connectivity index (χ4v) is 7.40. The lowest BCUT2D eigenvalue weighted by atomic mass is 10.1. The van der Waals surface area contributed by atoms with Crippen LogP contribution in [0.4, 0.5) is 0 Å². The fraction of sp³-hybridized carbons (Fsp3) is 0.574. The third kappa shape index (κ3) is 57.9. The number of carbonyl (C=O) groups is 3. The second-order valence-corrected chi connectivity index (χ2v) is 18.8. The molecule has 414 valence electrons. The van der Waals surface area contributed by atoms with Gasteiger partial charge in [-0.15, -0.1) is 0 Å². The van der Waals surface area contributed by atoms with Crippen molar-refractivity contribution in [2.75, 3.05) is 13.2 Å². The summed E-state index contributed by atoms with van der Waals surface area (Å²) in [5.41, 5.74) is 0. The van der Waals surface area contributed by atoms with E-state index in [0.717, 1.165) is 148 Å². The number of unbranched alkanes of at least 4 members (excludes halogenated alkanes) is 14. The maximum atomic E-state index is 12.8. The Morgan fingerprint density at radius 3 is 0.878 bits per heavy atom. The first-order valence-electron chi connectivity index (χ1n) is 29.5. The number of carbonyl (C=O) groups excluding carboxylic acids is 3. The Hall–Kier alpha value is -4.97. The number of hydrogen-bond donors (Lipinski definition) is 0. The maximum Gasteiger partial charge on any atom is 0.306 e. The Morgan fingerprint density at radius 1 is 0.284 bits per heavy atom. The largest absolute Gasteiger partial charge is 0.462 e. The average Bonchev–Trinajstić information content (AvgIpc) is 3.40. The molecule has 0 rings (SSSR count). The summed E-state index contributed by atoms with van der Waals surface area (Å²) in [6, 6.07) is 0. The van der Waals surface area contributed by atoms with Gasteiger partial charge < -0.3 is 14.2 Å². The van der Waals surface area contributed by atoms with Crippen molar-refractivity contribution in [2.45, 2.75) is 239 Å². The molecule has 0 heterocycles.